The highest BCUT2D eigenvalue weighted by Crippen LogP contribution is 2.36. The minimum atomic E-state index is -3.86. The summed E-state index contributed by atoms with van der Waals surface area (Å²) in [5.41, 5.74) is 0.486. The van der Waals surface area contributed by atoms with Gasteiger partial charge in [0, 0.05) is 9.61 Å². The maximum atomic E-state index is 13.5. The number of carbonyl (C=O) groups is 2. The maximum absolute atomic E-state index is 13.5. The van der Waals surface area contributed by atoms with Gasteiger partial charge in [-0.1, -0.05) is 25.3 Å². The van der Waals surface area contributed by atoms with E-state index in [2.05, 4.69) is 22.6 Å². The third-order valence-electron chi connectivity index (χ3n) is 5.48. The van der Waals surface area contributed by atoms with E-state index in [1.54, 1.807) is 29.6 Å². The van der Waals surface area contributed by atoms with Crippen LogP contribution in [0.4, 0.5) is 5.69 Å². The Hall–Kier alpha value is -1.30. The van der Waals surface area contributed by atoms with Crippen LogP contribution >= 0.6 is 33.9 Å². The number of thiophene rings is 1. The summed E-state index contributed by atoms with van der Waals surface area (Å²) in [5, 5.41) is 1.71. The van der Waals surface area contributed by atoms with Crippen LogP contribution in [0, 0.1) is 3.57 Å². The topological polar surface area (TPSA) is 74.8 Å². The van der Waals surface area contributed by atoms with Gasteiger partial charge in [-0.2, -0.15) is 4.31 Å². The predicted octanol–water partition coefficient (Wildman–Crippen LogP) is 4.01. The lowest BCUT2D eigenvalue weighted by Crippen LogP contribution is -2.51. The summed E-state index contributed by atoms with van der Waals surface area (Å²) in [6.45, 7) is 0. The second-order valence-electron chi connectivity index (χ2n) is 7.32. The lowest BCUT2D eigenvalue weighted by atomic mass is 9.94. The molecule has 29 heavy (non-hydrogen) atoms. The van der Waals surface area contributed by atoms with Crippen LogP contribution in [0.5, 0.6) is 0 Å². The molecule has 6 nitrogen and oxygen atoms in total. The molecule has 0 bridgehead atoms. The van der Waals surface area contributed by atoms with Crippen LogP contribution in [0.15, 0.2) is 46.0 Å². The maximum Gasteiger partial charge on any atom is 0.253 e. The zero-order valence-electron chi connectivity index (χ0n) is 15.7. The molecule has 2 heterocycles. The zero-order chi connectivity index (χ0) is 20.6. The fraction of sp³-hybridized carbons (Fsp3) is 0.400. The number of rotatable bonds is 5. The fourth-order valence-corrected chi connectivity index (χ4v) is 7.42. The average Bonchev–Trinajstić information content (AvgIpc) is 3.34. The van der Waals surface area contributed by atoms with Gasteiger partial charge in [-0.3, -0.25) is 9.59 Å². The van der Waals surface area contributed by atoms with Gasteiger partial charge in [-0.15, -0.1) is 11.3 Å². The summed E-state index contributed by atoms with van der Waals surface area (Å²) in [6.07, 6.45) is 4.23. The molecule has 0 N–H and O–H groups in total. The van der Waals surface area contributed by atoms with E-state index in [9.17, 15) is 18.0 Å². The number of imide groups is 1. The van der Waals surface area contributed by atoms with Crippen molar-refractivity contribution in [3.05, 3.63) is 45.3 Å². The van der Waals surface area contributed by atoms with E-state index in [0.29, 0.717) is 18.5 Å². The average molecular weight is 544 g/mol. The molecule has 9 heteroatoms. The highest BCUT2D eigenvalue weighted by Gasteiger charge is 2.49. The molecular formula is C20H21IN2O4S2. The quantitative estimate of drug-likeness (QED) is 0.421. The summed E-state index contributed by atoms with van der Waals surface area (Å²) < 4.78 is 29.5. The highest BCUT2D eigenvalue weighted by molar-refractivity contribution is 14.1. The monoisotopic (exact) mass is 544 g/mol. The SMILES string of the molecule is O=C1CC(N(C2CCCCC2)S(=O)(=O)c2cccs2)C(=O)N1c1ccc(I)cc1. The number of hydrogen-bond donors (Lipinski definition) is 0. The van der Waals surface area contributed by atoms with Gasteiger partial charge >= 0.3 is 0 Å². The van der Waals surface area contributed by atoms with Crippen LogP contribution in [0.3, 0.4) is 0 Å². The molecule has 0 spiro atoms. The number of carbonyl (C=O) groups excluding carboxylic acids is 2. The van der Waals surface area contributed by atoms with Crippen molar-refractivity contribution >= 4 is 61.5 Å². The largest absolute Gasteiger partial charge is 0.274 e. The van der Waals surface area contributed by atoms with Crippen LogP contribution in [0.2, 0.25) is 0 Å². The molecular weight excluding hydrogens is 523 g/mol. The van der Waals surface area contributed by atoms with Crippen molar-refractivity contribution in [2.45, 2.75) is 54.8 Å². The van der Waals surface area contributed by atoms with Crippen LogP contribution in [-0.2, 0) is 19.6 Å². The molecule has 2 amide bonds. The van der Waals surface area contributed by atoms with E-state index in [1.165, 1.54) is 4.31 Å². The van der Waals surface area contributed by atoms with Gasteiger partial charge in [-0.05, 0) is 71.1 Å². The molecule has 1 saturated heterocycles. The first-order valence-electron chi connectivity index (χ1n) is 9.59. The van der Waals surface area contributed by atoms with Crippen molar-refractivity contribution in [2.24, 2.45) is 0 Å². The Kier molecular flexibility index (Phi) is 6.10. The van der Waals surface area contributed by atoms with E-state index < -0.39 is 22.0 Å². The lowest BCUT2D eigenvalue weighted by Gasteiger charge is -2.35. The molecule has 2 fully saturated rings. The van der Waals surface area contributed by atoms with Crippen molar-refractivity contribution in [1.29, 1.82) is 0 Å². The first-order valence-corrected chi connectivity index (χ1v) is 13.0. The number of nitrogens with zero attached hydrogens (tertiary/aromatic N) is 2. The summed E-state index contributed by atoms with van der Waals surface area (Å²) >= 11 is 3.30. The first kappa shape index (κ1) is 21.0. The van der Waals surface area contributed by atoms with Crippen LogP contribution < -0.4 is 4.90 Å². The normalized spacial score (nSPS) is 21.3. The Morgan fingerprint density at radius 1 is 1.03 bits per heavy atom. The lowest BCUT2D eigenvalue weighted by molar-refractivity contribution is -0.122. The number of sulfonamides is 1. The Morgan fingerprint density at radius 3 is 2.34 bits per heavy atom. The first-order chi connectivity index (χ1) is 13.9. The van der Waals surface area contributed by atoms with Crippen LogP contribution in [0.25, 0.3) is 0 Å². The van der Waals surface area contributed by atoms with E-state index >= 15 is 0 Å². The van der Waals surface area contributed by atoms with Gasteiger partial charge in [0.25, 0.3) is 15.9 Å². The minimum absolute atomic E-state index is 0.119. The van der Waals surface area contributed by atoms with Gasteiger partial charge in [0.15, 0.2) is 0 Å². The van der Waals surface area contributed by atoms with E-state index in [1.807, 2.05) is 12.1 Å². The van der Waals surface area contributed by atoms with Gasteiger partial charge in [-0.25, -0.2) is 13.3 Å². The van der Waals surface area contributed by atoms with Crippen molar-refractivity contribution < 1.29 is 18.0 Å². The van der Waals surface area contributed by atoms with Crippen molar-refractivity contribution in [2.75, 3.05) is 4.90 Å². The summed E-state index contributed by atoms with van der Waals surface area (Å²) in [7, 11) is -3.86. The van der Waals surface area contributed by atoms with Gasteiger partial charge in [0.05, 0.1) is 12.1 Å². The highest BCUT2D eigenvalue weighted by atomic mass is 127. The molecule has 1 unspecified atom stereocenters. The zero-order valence-corrected chi connectivity index (χ0v) is 19.5. The van der Waals surface area contributed by atoms with Gasteiger partial charge in [0.2, 0.25) is 5.91 Å². The molecule has 2 aromatic rings. The molecule has 0 radical (unpaired) electrons. The standard InChI is InChI=1S/C20H21IN2O4S2/c21-14-8-10-15(11-9-14)22-18(24)13-17(20(22)25)23(16-5-2-1-3-6-16)29(26,27)19-7-4-12-28-19/h4,7-12,16-17H,1-3,5-6,13H2. The fourth-order valence-electron chi connectivity index (χ4n) is 4.14. The molecule has 1 atom stereocenters. The minimum Gasteiger partial charge on any atom is -0.274 e. The molecule has 2 aliphatic rings. The molecule has 4 rings (SSSR count). The van der Waals surface area contributed by atoms with Crippen LogP contribution in [-0.4, -0.2) is 36.6 Å². The van der Waals surface area contributed by atoms with E-state index in [-0.39, 0.29) is 22.6 Å². The summed E-state index contributed by atoms with van der Waals surface area (Å²) in [6, 6.07) is 9.10. The Balaban J connectivity index is 1.72. The third-order valence-corrected chi connectivity index (χ3v) is 9.53. The molecule has 154 valence electrons. The second kappa shape index (κ2) is 8.44. The number of amides is 2. The number of hydrogen-bond acceptors (Lipinski definition) is 5. The molecule has 1 aromatic heterocycles. The van der Waals surface area contributed by atoms with E-state index in [4.69, 9.17) is 0 Å². The van der Waals surface area contributed by atoms with Gasteiger partial charge < -0.3 is 0 Å². The molecule has 1 saturated carbocycles. The van der Waals surface area contributed by atoms with Crippen molar-refractivity contribution in [1.82, 2.24) is 4.31 Å². The van der Waals surface area contributed by atoms with Crippen molar-refractivity contribution in [3.63, 3.8) is 0 Å². The molecule has 1 aliphatic heterocycles. The second-order valence-corrected chi connectivity index (χ2v) is 11.6. The molecule has 1 aliphatic carbocycles. The third kappa shape index (κ3) is 4.01. The smallest absolute Gasteiger partial charge is 0.253 e. The number of halogens is 1. The number of benzene rings is 1. The van der Waals surface area contributed by atoms with Crippen molar-refractivity contribution in [3.8, 4) is 0 Å². The molecule has 1 aromatic carbocycles. The number of anilines is 1. The Morgan fingerprint density at radius 2 is 1.72 bits per heavy atom. The van der Waals surface area contributed by atoms with Gasteiger partial charge in [0.1, 0.15) is 10.3 Å². The Labute approximate surface area is 188 Å². The Bertz CT molecular complexity index is 1000. The summed E-state index contributed by atoms with van der Waals surface area (Å²) in [4.78, 5) is 27.2. The summed E-state index contributed by atoms with van der Waals surface area (Å²) in [5.74, 6) is -0.815. The van der Waals surface area contributed by atoms with Crippen LogP contribution in [0.1, 0.15) is 38.5 Å². The van der Waals surface area contributed by atoms with E-state index in [0.717, 1.165) is 39.1 Å². The predicted molar refractivity (Wildman–Crippen MR) is 120 cm³/mol.